The van der Waals surface area contributed by atoms with E-state index >= 15 is 0 Å². The van der Waals surface area contributed by atoms with Gasteiger partial charge in [-0.2, -0.15) is 0 Å². The van der Waals surface area contributed by atoms with Gasteiger partial charge in [0.25, 0.3) is 5.91 Å². The summed E-state index contributed by atoms with van der Waals surface area (Å²) in [6, 6.07) is 9.09. The number of halogens is 1. The first-order valence-corrected chi connectivity index (χ1v) is 9.12. The first-order chi connectivity index (χ1) is 12.7. The van der Waals surface area contributed by atoms with Crippen molar-refractivity contribution in [2.24, 2.45) is 0 Å². The summed E-state index contributed by atoms with van der Waals surface area (Å²) in [5.74, 6) is 0.790. The zero-order chi connectivity index (χ0) is 18.1. The highest BCUT2D eigenvalue weighted by Crippen LogP contribution is 2.33. The third kappa shape index (κ3) is 3.13. The molecule has 1 aliphatic heterocycles. The minimum atomic E-state index is 0.0963. The number of ether oxygens (including phenoxy) is 1. The van der Waals surface area contributed by atoms with Crippen LogP contribution in [0.25, 0.3) is 4.85 Å². The van der Waals surface area contributed by atoms with Crippen LogP contribution in [-0.2, 0) is 6.54 Å². The molecule has 0 N–H and O–H groups in total. The van der Waals surface area contributed by atoms with Crippen molar-refractivity contribution in [3.8, 4) is 5.75 Å². The lowest BCUT2D eigenvalue weighted by Gasteiger charge is -2.34. The molecule has 0 unspecified atom stereocenters. The van der Waals surface area contributed by atoms with Crippen LogP contribution in [0.2, 0.25) is 5.02 Å². The largest absolute Gasteiger partial charge is 0.490 e. The summed E-state index contributed by atoms with van der Waals surface area (Å²) in [5.41, 5.74) is 2.05. The monoisotopic (exact) mass is 367 g/mol. The van der Waals surface area contributed by atoms with E-state index in [9.17, 15) is 4.79 Å². The molecule has 1 saturated carbocycles. The molecule has 0 saturated heterocycles. The highest BCUT2D eigenvalue weighted by molar-refractivity contribution is 6.33. The number of aromatic nitrogens is 1. The Kier molecular flexibility index (Phi) is 4.52. The van der Waals surface area contributed by atoms with E-state index in [2.05, 4.69) is 9.83 Å². The highest BCUT2D eigenvalue weighted by Gasteiger charge is 2.35. The van der Waals surface area contributed by atoms with Crippen molar-refractivity contribution in [2.45, 2.75) is 44.4 Å². The third-order valence-corrected chi connectivity index (χ3v) is 5.43. The van der Waals surface area contributed by atoms with Crippen LogP contribution in [0.4, 0.5) is 5.69 Å². The third-order valence-electron chi connectivity index (χ3n) is 5.13. The lowest BCUT2D eigenvalue weighted by Crippen LogP contribution is -2.40. The molecule has 2 heterocycles. The van der Waals surface area contributed by atoms with E-state index < -0.39 is 0 Å². The van der Waals surface area contributed by atoms with Gasteiger partial charge in [-0.05, 0) is 49.9 Å². The number of rotatable bonds is 3. The number of nitrogens with zero attached hydrogens (tertiary/aromatic N) is 3. The van der Waals surface area contributed by atoms with Gasteiger partial charge in [-0.3, -0.25) is 9.78 Å². The number of hydrogen-bond acceptors (Lipinski definition) is 3. The van der Waals surface area contributed by atoms with Crippen LogP contribution in [0.1, 0.15) is 41.7 Å². The van der Waals surface area contributed by atoms with Crippen LogP contribution in [0, 0.1) is 6.57 Å². The average molecular weight is 368 g/mol. The second-order valence-electron chi connectivity index (χ2n) is 6.70. The Morgan fingerprint density at radius 2 is 2.04 bits per heavy atom. The normalized spacial score (nSPS) is 22.0. The van der Waals surface area contributed by atoms with Gasteiger partial charge in [0.05, 0.1) is 35.5 Å². The van der Waals surface area contributed by atoms with Crippen LogP contribution in [0.5, 0.6) is 5.75 Å². The fourth-order valence-electron chi connectivity index (χ4n) is 3.76. The minimum Gasteiger partial charge on any atom is -0.490 e. The molecule has 5 nitrogen and oxygen atoms in total. The molecule has 2 aromatic rings. The minimum absolute atomic E-state index is 0.0963. The maximum absolute atomic E-state index is 12.6. The number of carbonyl (C=O) groups is 1. The van der Waals surface area contributed by atoms with E-state index in [0.717, 1.165) is 36.9 Å². The Morgan fingerprint density at radius 1 is 1.23 bits per heavy atom. The van der Waals surface area contributed by atoms with E-state index in [1.807, 2.05) is 17.0 Å². The highest BCUT2D eigenvalue weighted by atomic mass is 35.5. The molecular weight excluding hydrogens is 350 g/mol. The van der Waals surface area contributed by atoms with E-state index in [4.69, 9.17) is 22.9 Å². The van der Waals surface area contributed by atoms with Crippen molar-refractivity contribution in [1.82, 2.24) is 9.88 Å². The smallest absolute Gasteiger partial charge is 0.256 e. The van der Waals surface area contributed by atoms with Crippen LogP contribution < -0.4 is 4.74 Å². The van der Waals surface area contributed by atoms with E-state index in [0.29, 0.717) is 23.0 Å². The molecule has 1 aromatic carbocycles. The van der Waals surface area contributed by atoms with Crippen LogP contribution >= 0.6 is 11.6 Å². The van der Waals surface area contributed by atoms with Crippen molar-refractivity contribution < 1.29 is 9.53 Å². The number of pyridine rings is 1. The Bertz CT molecular complexity index is 885. The predicted octanol–water partition coefficient (Wildman–Crippen LogP) is 4.63. The molecule has 1 fully saturated rings. The second-order valence-corrected chi connectivity index (χ2v) is 7.11. The van der Waals surface area contributed by atoms with Crippen LogP contribution in [0.3, 0.4) is 0 Å². The van der Waals surface area contributed by atoms with Crippen LogP contribution in [-0.4, -0.2) is 27.9 Å². The molecule has 132 valence electrons. The first-order valence-electron chi connectivity index (χ1n) is 8.74. The Balaban J connectivity index is 1.36. The van der Waals surface area contributed by atoms with Crippen molar-refractivity contribution in [1.29, 1.82) is 0 Å². The quantitative estimate of drug-likeness (QED) is 0.743. The van der Waals surface area contributed by atoms with Gasteiger partial charge in [0.2, 0.25) is 5.69 Å². The number of amides is 1. The zero-order valence-corrected chi connectivity index (χ0v) is 14.9. The van der Waals surface area contributed by atoms with Gasteiger partial charge in [-0.15, -0.1) is 0 Å². The van der Waals surface area contributed by atoms with Crippen molar-refractivity contribution in [3.05, 3.63) is 64.2 Å². The number of benzene rings is 1. The molecule has 0 spiro atoms. The summed E-state index contributed by atoms with van der Waals surface area (Å²) in [7, 11) is 0. The average Bonchev–Trinajstić information content (AvgIpc) is 3.00. The molecule has 1 aliphatic carbocycles. The van der Waals surface area contributed by atoms with Gasteiger partial charge < -0.3 is 9.64 Å². The standard InChI is InChI=1S/C20H18ClN3O2/c1-22-18-9-8-15(11-17(18)21)26-14-6-4-13(5-7-14)24-12-19-16(20(24)25)3-2-10-23-19/h2-3,8-11,13-14H,4-7,12H2. The lowest BCUT2D eigenvalue weighted by molar-refractivity contribution is 0.0560. The van der Waals surface area contributed by atoms with Gasteiger partial charge in [-0.25, -0.2) is 4.85 Å². The van der Waals surface area contributed by atoms with Gasteiger partial charge in [0, 0.05) is 12.2 Å². The van der Waals surface area contributed by atoms with Crippen LogP contribution in [0.15, 0.2) is 36.5 Å². The summed E-state index contributed by atoms with van der Waals surface area (Å²) in [6.07, 6.45) is 5.46. The van der Waals surface area contributed by atoms with Gasteiger partial charge in [0.15, 0.2) is 0 Å². The molecule has 0 bridgehead atoms. The fourth-order valence-corrected chi connectivity index (χ4v) is 3.97. The van der Waals surface area contributed by atoms with Gasteiger partial charge in [0.1, 0.15) is 5.75 Å². The van der Waals surface area contributed by atoms with Gasteiger partial charge >= 0.3 is 0 Å². The summed E-state index contributed by atoms with van der Waals surface area (Å²) >= 11 is 6.07. The molecule has 1 aromatic heterocycles. The number of carbonyl (C=O) groups excluding carboxylic acids is 1. The fraction of sp³-hybridized carbons (Fsp3) is 0.350. The molecule has 6 heteroatoms. The summed E-state index contributed by atoms with van der Waals surface area (Å²) < 4.78 is 6.03. The summed E-state index contributed by atoms with van der Waals surface area (Å²) in [4.78, 5) is 22.2. The Labute approximate surface area is 157 Å². The maximum Gasteiger partial charge on any atom is 0.256 e. The molecule has 26 heavy (non-hydrogen) atoms. The lowest BCUT2D eigenvalue weighted by atomic mass is 9.92. The SMILES string of the molecule is [C-]#[N+]c1ccc(OC2CCC(N3Cc4ncccc4C3=O)CC2)cc1Cl. The Hall–Kier alpha value is -2.58. The molecular formula is C20H18ClN3O2. The summed E-state index contributed by atoms with van der Waals surface area (Å²) in [6.45, 7) is 7.65. The van der Waals surface area contributed by atoms with E-state index in [-0.39, 0.29) is 18.1 Å². The Morgan fingerprint density at radius 3 is 2.73 bits per heavy atom. The topological polar surface area (TPSA) is 46.8 Å². The second kappa shape index (κ2) is 6.97. The molecule has 1 amide bonds. The zero-order valence-electron chi connectivity index (χ0n) is 14.2. The number of fused-ring (bicyclic) bond motifs is 1. The van der Waals surface area contributed by atoms with E-state index in [1.54, 1.807) is 24.4 Å². The van der Waals surface area contributed by atoms with Crippen molar-refractivity contribution in [3.63, 3.8) is 0 Å². The first kappa shape index (κ1) is 16.9. The summed E-state index contributed by atoms with van der Waals surface area (Å²) in [5, 5.41) is 0.416. The molecule has 0 atom stereocenters. The predicted molar refractivity (Wildman–Crippen MR) is 98.5 cm³/mol. The molecule has 2 aliphatic rings. The number of hydrogen-bond donors (Lipinski definition) is 0. The molecule has 4 rings (SSSR count). The van der Waals surface area contributed by atoms with E-state index in [1.165, 1.54) is 0 Å². The van der Waals surface area contributed by atoms with Crippen molar-refractivity contribution >= 4 is 23.2 Å². The van der Waals surface area contributed by atoms with Gasteiger partial charge in [-0.1, -0.05) is 17.7 Å². The maximum atomic E-state index is 12.6. The van der Waals surface area contributed by atoms with Crippen molar-refractivity contribution in [2.75, 3.05) is 0 Å². The molecule has 0 radical (unpaired) electrons.